The third kappa shape index (κ3) is 4.08. The van der Waals surface area contributed by atoms with E-state index < -0.39 is 0 Å². The highest BCUT2D eigenvalue weighted by atomic mass is 16.5. The fraction of sp³-hybridized carbons (Fsp3) is 0.250. The summed E-state index contributed by atoms with van der Waals surface area (Å²) in [6.07, 6.45) is 1.93. The van der Waals surface area contributed by atoms with E-state index in [0.29, 0.717) is 11.3 Å². The summed E-state index contributed by atoms with van der Waals surface area (Å²) in [5, 5.41) is 5.84. The summed E-state index contributed by atoms with van der Waals surface area (Å²) in [6, 6.07) is 16.8. The van der Waals surface area contributed by atoms with E-state index in [2.05, 4.69) is 10.6 Å². The van der Waals surface area contributed by atoms with Gasteiger partial charge in [0.1, 0.15) is 5.75 Å². The van der Waals surface area contributed by atoms with Gasteiger partial charge in [0, 0.05) is 40.4 Å². The van der Waals surface area contributed by atoms with Crippen LogP contribution >= 0.6 is 0 Å². The zero-order valence-corrected chi connectivity index (χ0v) is 17.4. The second-order valence-corrected chi connectivity index (χ2v) is 7.62. The molecule has 1 saturated carbocycles. The summed E-state index contributed by atoms with van der Waals surface area (Å²) in [4.78, 5) is 24.8. The summed E-state index contributed by atoms with van der Waals surface area (Å²) in [5.74, 6) is 0.813. The molecule has 4 rings (SSSR count). The number of amides is 2. The minimum absolute atomic E-state index is 0.0665. The molecule has 3 aromatic rings. The number of ether oxygens (including phenoxy) is 1. The van der Waals surface area contributed by atoms with Crippen LogP contribution in [-0.2, 0) is 4.79 Å². The van der Waals surface area contributed by atoms with Crippen LogP contribution in [0.1, 0.15) is 34.6 Å². The molecule has 0 atom stereocenters. The van der Waals surface area contributed by atoms with Crippen LogP contribution < -0.4 is 15.4 Å². The molecule has 0 spiro atoms. The first kappa shape index (κ1) is 19.8. The molecule has 2 N–H and O–H groups in total. The van der Waals surface area contributed by atoms with E-state index in [1.54, 1.807) is 31.4 Å². The Kier molecular flexibility index (Phi) is 5.31. The topological polar surface area (TPSA) is 72.4 Å². The van der Waals surface area contributed by atoms with Crippen molar-refractivity contribution in [2.24, 2.45) is 5.92 Å². The number of aromatic nitrogens is 1. The van der Waals surface area contributed by atoms with E-state index in [1.165, 1.54) is 0 Å². The number of rotatable bonds is 6. The fourth-order valence-corrected chi connectivity index (χ4v) is 3.56. The van der Waals surface area contributed by atoms with Gasteiger partial charge in [0.2, 0.25) is 5.91 Å². The van der Waals surface area contributed by atoms with Gasteiger partial charge in [-0.1, -0.05) is 6.07 Å². The highest BCUT2D eigenvalue weighted by molar-refractivity contribution is 6.05. The minimum Gasteiger partial charge on any atom is -0.497 e. The molecule has 6 nitrogen and oxygen atoms in total. The predicted molar refractivity (Wildman–Crippen MR) is 118 cm³/mol. The van der Waals surface area contributed by atoms with Gasteiger partial charge in [-0.05, 0) is 69.2 Å². The largest absolute Gasteiger partial charge is 0.497 e. The molecule has 1 aliphatic carbocycles. The number of carbonyl (C=O) groups excluding carboxylic acids is 2. The van der Waals surface area contributed by atoms with Crippen molar-refractivity contribution in [2.45, 2.75) is 26.7 Å². The number of aryl methyl sites for hydroxylation is 1. The maximum absolute atomic E-state index is 12.9. The maximum atomic E-state index is 12.9. The summed E-state index contributed by atoms with van der Waals surface area (Å²) >= 11 is 0. The molecule has 1 aromatic heterocycles. The average molecular weight is 403 g/mol. The van der Waals surface area contributed by atoms with E-state index in [0.717, 1.165) is 41.4 Å². The minimum atomic E-state index is -0.174. The lowest BCUT2D eigenvalue weighted by molar-refractivity contribution is -0.117. The number of nitrogens with one attached hydrogen (secondary N) is 2. The molecular formula is C24H25N3O3. The van der Waals surface area contributed by atoms with Crippen LogP contribution in [0.25, 0.3) is 5.69 Å². The zero-order valence-electron chi connectivity index (χ0n) is 17.4. The molecule has 2 amide bonds. The number of methoxy groups -OCH3 is 1. The SMILES string of the molecule is COc1cccc(-n2c(C)cc(C(=O)Nc3ccc(NC(=O)C4CC4)cc3)c2C)c1. The van der Waals surface area contributed by atoms with Crippen LogP contribution in [0.3, 0.4) is 0 Å². The third-order valence-electron chi connectivity index (χ3n) is 5.35. The Morgan fingerprint density at radius 3 is 2.27 bits per heavy atom. The zero-order chi connectivity index (χ0) is 21.3. The van der Waals surface area contributed by atoms with Gasteiger partial charge in [-0.15, -0.1) is 0 Å². The van der Waals surface area contributed by atoms with Gasteiger partial charge < -0.3 is 19.9 Å². The molecule has 0 bridgehead atoms. The van der Waals surface area contributed by atoms with E-state index >= 15 is 0 Å². The molecule has 0 aliphatic heterocycles. The molecule has 0 radical (unpaired) electrons. The molecule has 2 aromatic carbocycles. The van der Waals surface area contributed by atoms with E-state index in [4.69, 9.17) is 4.74 Å². The number of anilines is 2. The van der Waals surface area contributed by atoms with Crippen molar-refractivity contribution in [1.82, 2.24) is 4.57 Å². The lowest BCUT2D eigenvalue weighted by Gasteiger charge is -2.11. The van der Waals surface area contributed by atoms with Crippen molar-refractivity contribution >= 4 is 23.2 Å². The molecule has 30 heavy (non-hydrogen) atoms. The first-order valence-corrected chi connectivity index (χ1v) is 10.0. The number of hydrogen-bond donors (Lipinski definition) is 2. The van der Waals surface area contributed by atoms with Crippen LogP contribution in [0.15, 0.2) is 54.6 Å². The first-order chi connectivity index (χ1) is 14.5. The van der Waals surface area contributed by atoms with Gasteiger partial charge in [0.25, 0.3) is 5.91 Å². The van der Waals surface area contributed by atoms with Gasteiger partial charge in [-0.2, -0.15) is 0 Å². The Hall–Kier alpha value is -3.54. The van der Waals surface area contributed by atoms with Crippen LogP contribution in [0.2, 0.25) is 0 Å². The van der Waals surface area contributed by atoms with Crippen LogP contribution in [0.4, 0.5) is 11.4 Å². The Morgan fingerprint density at radius 2 is 1.63 bits per heavy atom. The van der Waals surface area contributed by atoms with Gasteiger partial charge in [0.05, 0.1) is 12.7 Å². The molecule has 1 fully saturated rings. The predicted octanol–water partition coefficient (Wildman–Crippen LogP) is 4.70. The van der Waals surface area contributed by atoms with Gasteiger partial charge in [0.15, 0.2) is 0 Å². The monoisotopic (exact) mass is 403 g/mol. The average Bonchev–Trinajstić information content (AvgIpc) is 3.55. The Morgan fingerprint density at radius 1 is 0.967 bits per heavy atom. The van der Waals surface area contributed by atoms with Crippen LogP contribution in [-0.4, -0.2) is 23.5 Å². The van der Waals surface area contributed by atoms with E-state index in [1.807, 2.05) is 48.7 Å². The first-order valence-electron chi connectivity index (χ1n) is 10.0. The van der Waals surface area contributed by atoms with Crippen molar-refractivity contribution < 1.29 is 14.3 Å². The van der Waals surface area contributed by atoms with Crippen LogP contribution in [0, 0.1) is 19.8 Å². The van der Waals surface area contributed by atoms with E-state index in [9.17, 15) is 9.59 Å². The highest BCUT2D eigenvalue weighted by Gasteiger charge is 2.29. The summed E-state index contributed by atoms with van der Waals surface area (Å²) < 4.78 is 7.36. The molecule has 6 heteroatoms. The normalized spacial score (nSPS) is 13.0. The third-order valence-corrected chi connectivity index (χ3v) is 5.35. The molecule has 0 saturated heterocycles. The van der Waals surface area contributed by atoms with Crippen LogP contribution in [0.5, 0.6) is 5.75 Å². The fourth-order valence-electron chi connectivity index (χ4n) is 3.56. The smallest absolute Gasteiger partial charge is 0.257 e. The lowest BCUT2D eigenvalue weighted by atomic mass is 10.2. The molecule has 0 unspecified atom stereocenters. The van der Waals surface area contributed by atoms with Crippen molar-refractivity contribution in [1.29, 1.82) is 0 Å². The summed E-state index contributed by atoms with van der Waals surface area (Å²) in [7, 11) is 1.63. The number of carbonyl (C=O) groups is 2. The Labute approximate surface area is 175 Å². The number of nitrogens with zero attached hydrogens (tertiary/aromatic N) is 1. The summed E-state index contributed by atoms with van der Waals surface area (Å²) in [6.45, 7) is 3.90. The van der Waals surface area contributed by atoms with Gasteiger partial charge >= 0.3 is 0 Å². The molecular weight excluding hydrogens is 378 g/mol. The molecule has 1 aliphatic rings. The number of benzene rings is 2. The van der Waals surface area contributed by atoms with Crippen molar-refractivity contribution in [2.75, 3.05) is 17.7 Å². The second-order valence-electron chi connectivity index (χ2n) is 7.62. The lowest BCUT2D eigenvalue weighted by Crippen LogP contribution is -2.14. The quantitative estimate of drug-likeness (QED) is 0.626. The van der Waals surface area contributed by atoms with Crippen molar-refractivity contribution in [3.05, 3.63) is 71.5 Å². The molecule has 1 heterocycles. The van der Waals surface area contributed by atoms with Crippen molar-refractivity contribution in [3.8, 4) is 11.4 Å². The summed E-state index contributed by atoms with van der Waals surface area (Å²) in [5.41, 5.74) is 4.79. The highest BCUT2D eigenvalue weighted by Crippen LogP contribution is 2.30. The molecule has 154 valence electrons. The Bertz CT molecular complexity index is 1100. The van der Waals surface area contributed by atoms with Gasteiger partial charge in [-0.3, -0.25) is 9.59 Å². The number of hydrogen-bond acceptors (Lipinski definition) is 3. The maximum Gasteiger partial charge on any atom is 0.257 e. The van der Waals surface area contributed by atoms with Crippen molar-refractivity contribution in [3.63, 3.8) is 0 Å². The Balaban J connectivity index is 1.50. The standard InChI is InChI=1S/C24H25N3O3/c1-15-13-22(16(2)27(15)20-5-4-6-21(14-20)30-3)24(29)26-19-11-9-18(10-12-19)25-23(28)17-7-8-17/h4-6,9-14,17H,7-8H2,1-3H3,(H,25,28)(H,26,29). The second kappa shape index (κ2) is 8.06. The van der Waals surface area contributed by atoms with E-state index in [-0.39, 0.29) is 17.7 Å². The van der Waals surface area contributed by atoms with Gasteiger partial charge in [-0.25, -0.2) is 0 Å².